The van der Waals surface area contributed by atoms with E-state index in [0.717, 1.165) is 0 Å². The molecule has 1 aliphatic rings. The van der Waals surface area contributed by atoms with E-state index in [2.05, 4.69) is 0 Å². The molecule has 1 rings (SSSR count). The molecule has 1 atom stereocenters. The first kappa shape index (κ1) is 15.4. The second-order valence-electron chi connectivity index (χ2n) is 4.89. The number of piperazine rings is 1. The fourth-order valence-corrected chi connectivity index (χ4v) is 2.95. The maximum atomic E-state index is 12.0. The average Bonchev–Trinajstić information content (AvgIpc) is 2.37. The number of hydrogen-bond donors (Lipinski definition) is 1. The van der Waals surface area contributed by atoms with Crippen molar-refractivity contribution in [2.75, 3.05) is 31.9 Å². The normalized spacial score (nSPS) is 20.2. The minimum Gasteiger partial charge on any atom is -0.339 e. The highest BCUT2D eigenvalue weighted by Gasteiger charge is 2.30. The second-order valence-corrected chi connectivity index (χ2v) is 7.15. The van der Waals surface area contributed by atoms with E-state index >= 15 is 0 Å². The van der Waals surface area contributed by atoms with E-state index in [1.807, 2.05) is 13.8 Å². The molecule has 0 aromatic carbocycles. The predicted molar refractivity (Wildman–Crippen MR) is 70.4 cm³/mol. The Bertz CT molecular complexity index is 386. The third-order valence-electron chi connectivity index (χ3n) is 3.31. The molecule has 0 aliphatic carbocycles. The van der Waals surface area contributed by atoms with Gasteiger partial charge in [-0.2, -0.15) is 4.31 Å². The number of carbonyl (C=O) groups is 1. The second kappa shape index (κ2) is 5.99. The molecule has 1 heterocycles. The summed E-state index contributed by atoms with van der Waals surface area (Å²) in [6, 6.07) is -0.501. The Kier molecular flexibility index (Phi) is 5.12. The topological polar surface area (TPSA) is 83.7 Å². The third kappa shape index (κ3) is 3.43. The molecule has 0 aromatic rings. The smallest absolute Gasteiger partial charge is 0.239 e. The number of nitrogens with zero attached hydrogens (tertiary/aromatic N) is 2. The van der Waals surface area contributed by atoms with Gasteiger partial charge in [-0.1, -0.05) is 13.8 Å². The van der Waals surface area contributed by atoms with Crippen molar-refractivity contribution in [2.45, 2.75) is 26.8 Å². The van der Waals surface area contributed by atoms with Crippen LogP contribution in [0.1, 0.15) is 20.8 Å². The zero-order chi connectivity index (χ0) is 13.9. The van der Waals surface area contributed by atoms with Gasteiger partial charge in [0.15, 0.2) is 0 Å². The number of carbonyl (C=O) groups excluding carboxylic acids is 1. The van der Waals surface area contributed by atoms with Crippen LogP contribution in [0.15, 0.2) is 0 Å². The Labute approximate surface area is 109 Å². The van der Waals surface area contributed by atoms with Crippen LogP contribution in [0.5, 0.6) is 0 Å². The fourth-order valence-electron chi connectivity index (χ4n) is 1.87. The molecule has 0 aromatic heterocycles. The van der Waals surface area contributed by atoms with Crippen LogP contribution in [0, 0.1) is 5.92 Å². The molecule has 7 heteroatoms. The molecule has 1 fully saturated rings. The SMILES string of the molecule is CCS(=O)(=O)N1CCN(C(=O)[C@@H](N)C(C)C)CC1. The molecule has 1 amide bonds. The van der Waals surface area contributed by atoms with Crippen molar-refractivity contribution in [3.63, 3.8) is 0 Å². The summed E-state index contributed by atoms with van der Waals surface area (Å²) in [5.41, 5.74) is 5.81. The largest absolute Gasteiger partial charge is 0.339 e. The average molecular weight is 277 g/mol. The lowest BCUT2D eigenvalue weighted by atomic mass is 10.0. The first-order valence-electron chi connectivity index (χ1n) is 6.31. The van der Waals surface area contributed by atoms with Crippen molar-refractivity contribution >= 4 is 15.9 Å². The highest BCUT2D eigenvalue weighted by Crippen LogP contribution is 2.10. The quantitative estimate of drug-likeness (QED) is 0.748. The highest BCUT2D eigenvalue weighted by molar-refractivity contribution is 7.89. The summed E-state index contributed by atoms with van der Waals surface area (Å²) in [5.74, 6) is 0.111. The van der Waals surface area contributed by atoms with Gasteiger partial charge in [-0.15, -0.1) is 0 Å². The monoisotopic (exact) mass is 277 g/mol. The predicted octanol–water partition coefficient (Wildman–Crippen LogP) is -0.536. The lowest BCUT2D eigenvalue weighted by Gasteiger charge is -2.35. The van der Waals surface area contributed by atoms with Gasteiger partial charge < -0.3 is 10.6 Å². The first-order chi connectivity index (χ1) is 8.29. The van der Waals surface area contributed by atoms with Crippen molar-refractivity contribution in [3.05, 3.63) is 0 Å². The first-order valence-corrected chi connectivity index (χ1v) is 7.92. The van der Waals surface area contributed by atoms with Crippen LogP contribution in [0.3, 0.4) is 0 Å². The van der Waals surface area contributed by atoms with E-state index < -0.39 is 16.1 Å². The Hall–Kier alpha value is -0.660. The van der Waals surface area contributed by atoms with E-state index in [1.54, 1.807) is 11.8 Å². The molecule has 0 radical (unpaired) electrons. The highest BCUT2D eigenvalue weighted by atomic mass is 32.2. The number of sulfonamides is 1. The van der Waals surface area contributed by atoms with E-state index in [4.69, 9.17) is 5.73 Å². The van der Waals surface area contributed by atoms with Crippen LogP contribution in [-0.2, 0) is 14.8 Å². The number of rotatable bonds is 4. The number of amides is 1. The van der Waals surface area contributed by atoms with Gasteiger partial charge in [0.25, 0.3) is 0 Å². The minimum atomic E-state index is -3.14. The van der Waals surface area contributed by atoms with Crippen molar-refractivity contribution in [2.24, 2.45) is 11.7 Å². The molecule has 1 aliphatic heterocycles. The molecule has 18 heavy (non-hydrogen) atoms. The van der Waals surface area contributed by atoms with Gasteiger partial charge >= 0.3 is 0 Å². The lowest BCUT2D eigenvalue weighted by molar-refractivity contribution is -0.134. The Balaban J connectivity index is 2.57. The standard InChI is InChI=1S/C11H23N3O3S/c1-4-18(16,17)14-7-5-13(6-8-14)11(15)10(12)9(2)3/h9-10H,4-8,12H2,1-3H3/t10-/m0/s1. The van der Waals surface area contributed by atoms with E-state index in [-0.39, 0.29) is 17.6 Å². The molecule has 0 saturated carbocycles. The van der Waals surface area contributed by atoms with Gasteiger partial charge in [0, 0.05) is 26.2 Å². The van der Waals surface area contributed by atoms with Crippen molar-refractivity contribution in [1.82, 2.24) is 9.21 Å². The summed E-state index contributed by atoms with van der Waals surface area (Å²) < 4.78 is 24.8. The molecule has 0 bridgehead atoms. The molecule has 0 spiro atoms. The van der Waals surface area contributed by atoms with Gasteiger partial charge in [-0.05, 0) is 12.8 Å². The molecular weight excluding hydrogens is 254 g/mol. The Morgan fingerprint density at radius 2 is 1.72 bits per heavy atom. The summed E-state index contributed by atoms with van der Waals surface area (Å²) >= 11 is 0. The summed E-state index contributed by atoms with van der Waals surface area (Å²) in [5, 5.41) is 0. The Morgan fingerprint density at radius 3 is 2.11 bits per heavy atom. The summed E-state index contributed by atoms with van der Waals surface area (Å²) in [7, 11) is -3.14. The molecular formula is C11H23N3O3S. The van der Waals surface area contributed by atoms with Crippen molar-refractivity contribution in [1.29, 1.82) is 0 Å². The van der Waals surface area contributed by atoms with Crippen LogP contribution >= 0.6 is 0 Å². The van der Waals surface area contributed by atoms with E-state index in [0.29, 0.717) is 26.2 Å². The van der Waals surface area contributed by atoms with Gasteiger partial charge in [-0.25, -0.2) is 8.42 Å². The number of nitrogens with two attached hydrogens (primary N) is 1. The summed E-state index contributed by atoms with van der Waals surface area (Å²) in [6.45, 7) is 7.03. The lowest BCUT2D eigenvalue weighted by Crippen LogP contribution is -2.55. The van der Waals surface area contributed by atoms with Gasteiger partial charge in [0.1, 0.15) is 0 Å². The number of hydrogen-bond acceptors (Lipinski definition) is 4. The maximum Gasteiger partial charge on any atom is 0.239 e. The Morgan fingerprint density at radius 1 is 1.22 bits per heavy atom. The van der Waals surface area contributed by atoms with Crippen LogP contribution in [0.2, 0.25) is 0 Å². The zero-order valence-electron chi connectivity index (χ0n) is 11.3. The van der Waals surface area contributed by atoms with Crippen LogP contribution in [-0.4, -0.2) is 61.5 Å². The van der Waals surface area contributed by atoms with Crippen LogP contribution in [0.25, 0.3) is 0 Å². The molecule has 0 unspecified atom stereocenters. The summed E-state index contributed by atoms with van der Waals surface area (Å²) in [4.78, 5) is 13.7. The molecule has 106 valence electrons. The van der Waals surface area contributed by atoms with Crippen LogP contribution in [0.4, 0.5) is 0 Å². The van der Waals surface area contributed by atoms with Gasteiger partial charge in [0.05, 0.1) is 11.8 Å². The van der Waals surface area contributed by atoms with Gasteiger partial charge in [0.2, 0.25) is 15.9 Å². The minimum absolute atomic E-state index is 0.0847. The molecule has 1 saturated heterocycles. The van der Waals surface area contributed by atoms with E-state index in [1.165, 1.54) is 4.31 Å². The third-order valence-corrected chi connectivity index (χ3v) is 5.19. The van der Waals surface area contributed by atoms with Crippen molar-refractivity contribution in [3.8, 4) is 0 Å². The van der Waals surface area contributed by atoms with E-state index in [9.17, 15) is 13.2 Å². The van der Waals surface area contributed by atoms with Crippen LogP contribution < -0.4 is 5.73 Å². The fraction of sp³-hybridized carbons (Fsp3) is 0.909. The molecule has 2 N–H and O–H groups in total. The maximum absolute atomic E-state index is 12.0. The van der Waals surface area contributed by atoms with Gasteiger partial charge in [-0.3, -0.25) is 4.79 Å². The zero-order valence-corrected chi connectivity index (χ0v) is 12.1. The molecule has 6 nitrogen and oxygen atoms in total. The summed E-state index contributed by atoms with van der Waals surface area (Å²) in [6.07, 6.45) is 0. The van der Waals surface area contributed by atoms with Crippen molar-refractivity contribution < 1.29 is 13.2 Å².